The van der Waals surface area contributed by atoms with E-state index in [9.17, 15) is 9.59 Å². The van der Waals surface area contributed by atoms with E-state index < -0.39 is 0 Å². The molecule has 0 fully saturated rings. The van der Waals surface area contributed by atoms with Crippen LogP contribution >= 0.6 is 0 Å². The molecule has 0 radical (unpaired) electrons. The van der Waals surface area contributed by atoms with Gasteiger partial charge in [0.2, 0.25) is 5.95 Å². The Morgan fingerprint density at radius 3 is 2.57 bits per heavy atom. The van der Waals surface area contributed by atoms with Crippen LogP contribution in [0.15, 0.2) is 9.59 Å². The number of fused-ring (bicyclic) bond motifs is 1. The Labute approximate surface area is 121 Å². The largest absolute Gasteiger partial charge is 0.396 e. The molecule has 2 aromatic rings. The van der Waals surface area contributed by atoms with Crippen LogP contribution in [0.2, 0.25) is 0 Å². The molecule has 2 rings (SSSR count). The maximum atomic E-state index is 12.3. The summed E-state index contributed by atoms with van der Waals surface area (Å²) in [6.45, 7) is 3.11. The molecule has 0 bridgehead atoms. The molecule has 0 aliphatic rings. The number of imidazole rings is 1. The summed E-state index contributed by atoms with van der Waals surface area (Å²) in [5, 5.41) is 11.9. The number of aliphatic hydroxyl groups excluding tert-OH is 1. The van der Waals surface area contributed by atoms with Crippen LogP contribution in [0.3, 0.4) is 0 Å². The molecule has 0 spiro atoms. The Balaban J connectivity index is 2.66. The molecule has 8 heteroatoms. The molecule has 116 valence electrons. The number of aliphatic hydroxyl groups is 1. The average Bonchev–Trinajstić information content (AvgIpc) is 2.79. The van der Waals surface area contributed by atoms with Gasteiger partial charge in [-0.15, -0.1) is 0 Å². The van der Waals surface area contributed by atoms with E-state index >= 15 is 0 Å². The zero-order chi connectivity index (χ0) is 15.6. The lowest BCUT2D eigenvalue weighted by Crippen LogP contribution is -2.38. The molecule has 0 aliphatic heterocycles. The van der Waals surface area contributed by atoms with E-state index in [-0.39, 0.29) is 17.9 Å². The molecular weight excluding hydrogens is 274 g/mol. The first-order valence-electron chi connectivity index (χ1n) is 7.03. The Kier molecular flexibility index (Phi) is 4.46. The molecule has 0 aromatic carbocycles. The summed E-state index contributed by atoms with van der Waals surface area (Å²) in [5.41, 5.74) is 0.0953. The monoisotopic (exact) mass is 295 g/mol. The number of aryl methyl sites for hydroxylation is 2. The van der Waals surface area contributed by atoms with E-state index in [1.54, 1.807) is 11.6 Å². The van der Waals surface area contributed by atoms with Crippen LogP contribution in [0.4, 0.5) is 5.95 Å². The van der Waals surface area contributed by atoms with Crippen molar-refractivity contribution in [1.29, 1.82) is 0 Å². The lowest BCUT2D eigenvalue weighted by atomic mass is 10.4. The van der Waals surface area contributed by atoms with Gasteiger partial charge in [0.25, 0.3) is 5.56 Å². The van der Waals surface area contributed by atoms with Crippen molar-refractivity contribution in [3.8, 4) is 0 Å². The zero-order valence-corrected chi connectivity index (χ0v) is 12.6. The number of aromatic nitrogens is 4. The van der Waals surface area contributed by atoms with Gasteiger partial charge in [-0.05, 0) is 12.8 Å². The number of hydrogen-bond acceptors (Lipinski definition) is 5. The van der Waals surface area contributed by atoms with Gasteiger partial charge in [0.05, 0.1) is 0 Å². The number of hydrogen-bond donors (Lipinski definition) is 2. The Bertz CT molecular complexity index is 756. The molecule has 0 aliphatic carbocycles. The Morgan fingerprint density at radius 2 is 1.95 bits per heavy atom. The maximum absolute atomic E-state index is 12.3. The third-order valence-corrected chi connectivity index (χ3v) is 3.42. The van der Waals surface area contributed by atoms with Gasteiger partial charge in [0.15, 0.2) is 11.2 Å². The van der Waals surface area contributed by atoms with Gasteiger partial charge in [-0.1, -0.05) is 6.92 Å². The number of nitrogens with zero attached hydrogens (tertiary/aromatic N) is 4. The molecule has 2 N–H and O–H groups in total. The van der Waals surface area contributed by atoms with Crippen molar-refractivity contribution in [3.05, 3.63) is 20.8 Å². The second kappa shape index (κ2) is 6.13. The summed E-state index contributed by atoms with van der Waals surface area (Å²) in [7, 11) is 3.21. The highest BCUT2D eigenvalue weighted by Gasteiger charge is 2.17. The average molecular weight is 295 g/mol. The van der Waals surface area contributed by atoms with Crippen molar-refractivity contribution < 1.29 is 5.11 Å². The van der Waals surface area contributed by atoms with Gasteiger partial charge in [0, 0.05) is 33.8 Å². The smallest absolute Gasteiger partial charge is 0.332 e. The fourth-order valence-corrected chi connectivity index (χ4v) is 2.29. The first-order chi connectivity index (χ1) is 10.0. The molecule has 0 saturated heterocycles. The number of anilines is 1. The standard InChI is InChI=1S/C13H21N5O3/c1-4-7-18-10-9(11(20)17(3)13(18)21)16(2)12(15-10)14-6-5-8-19/h19H,4-8H2,1-3H3,(H,14,15). The van der Waals surface area contributed by atoms with Crippen LogP contribution in [0, 0.1) is 0 Å². The lowest BCUT2D eigenvalue weighted by Gasteiger charge is -2.07. The minimum Gasteiger partial charge on any atom is -0.396 e. The highest BCUT2D eigenvalue weighted by molar-refractivity contribution is 5.74. The highest BCUT2D eigenvalue weighted by atomic mass is 16.3. The van der Waals surface area contributed by atoms with Crippen LogP contribution in [0.5, 0.6) is 0 Å². The van der Waals surface area contributed by atoms with Crippen LogP contribution in [-0.2, 0) is 20.6 Å². The van der Waals surface area contributed by atoms with E-state index in [0.29, 0.717) is 36.6 Å². The van der Waals surface area contributed by atoms with Crippen LogP contribution < -0.4 is 16.6 Å². The van der Waals surface area contributed by atoms with Crippen LogP contribution in [-0.4, -0.2) is 36.9 Å². The molecule has 0 saturated carbocycles. The summed E-state index contributed by atoms with van der Waals surface area (Å²) in [6.07, 6.45) is 1.36. The third-order valence-electron chi connectivity index (χ3n) is 3.42. The first-order valence-corrected chi connectivity index (χ1v) is 7.03. The molecule has 2 heterocycles. The van der Waals surface area contributed by atoms with Gasteiger partial charge in [-0.25, -0.2) is 4.79 Å². The molecule has 0 unspecified atom stereocenters. The van der Waals surface area contributed by atoms with Gasteiger partial charge in [0.1, 0.15) is 0 Å². The number of rotatable bonds is 6. The fourth-order valence-electron chi connectivity index (χ4n) is 2.29. The summed E-state index contributed by atoms with van der Waals surface area (Å²) in [6, 6.07) is 0. The van der Waals surface area contributed by atoms with Crippen molar-refractivity contribution in [1.82, 2.24) is 18.7 Å². The summed E-state index contributed by atoms with van der Waals surface area (Å²) in [4.78, 5) is 28.9. The van der Waals surface area contributed by atoms with E-state index in [1.165, 1.54) is 11.6 Å². The molecule has 21 heavy (non-hydrogen) atoms. The topological polar surface area (TPSA) is 94.1 Å². The Hall–Kier alpha value is -2.09. The molecule has 0 amide bonds. The number of nitrogens with one attached hydrogen (secondary N) is 1. The highest BCUT2D eigenvalue weighted by Crippen LogP contribution is 2.14. The predicted molar refractivity (Wildman–Crippen MR) is 80.7 cm³/mol. The van der Waals surface area contributed by atoms with E-state index in [1.807, 2.05) is 6.92 Å². The second-order valence-electron chi connectivity index (χ2n) is 4.97. The van der Waals surface area contributed by atoms with Gasteiger partial charge in [-0.3, -0.25) is 13.9 Å². The molecule has 0 atom stereocenters. The van der Waals surface area contributed by atoms with Crippen molar-refractivity contribution in [2.45, 2.75) is 26.3 Å². The first kappa shape index (κ1) is 15.3. The van der Waals surface area contributed by atoms with Gasteiger partial charge >= 0.3 is 5.69 Å². The molecule has 8 nitrogen and oxygen atoms in total. The van der Waals surface area contributed by atoms with E-state index in [2.05, 4.69) is 10.3 Å². The zero-order valence-electron chi connectivity index (χ0n) is 12.6. The summed E-state index contributed by atoms with van der Waals surface area (Å²) < 4.78 is 4.28. The summed E-state index contributed by atoms with van der Waals surface area (Å²) in [5.74, 6) is 0.519. The van der Waals surface area contributed by atoms with E-state index in [4.69, 9.17) is 5.11 Å². The second-order valence-corrected chi connectivity index (χ2v) is 4.97. The SMILES string of the molecule is CCCn1c(=O)n(C)c(=O)c2c1nc(NCCCO)n2C. The lowest BCUT2D eigenvalue weighted by molar-refractivity contribution is 0.292. The van der Waals surface area contributed by atoms with Crippen LogP contribution in [0.25, 0.3) is 11.2 Å². The van der Waals surface area contributed by atoms with Crippen LogP contribution in [0.1, 0.15) is 19.8 Å². The molecular formula is C13H21N5O3. The van der Waals surface area contributed by atoms with Crippen molar-refractivity contribution in [3.63, 3.8) is 0 Å². The van der Waals surface area contributed by atoms with Crippen molar-refractivity contribution >= 4 is 17.1 Å². The minimum atomic E-state index is -0.354. The van der Waals surface area contributed by atoms with E-state index in [0.717, 1.165) is 11.0 Å². The maximum Gasteiger partial charge on any atom is 0.332 e. The molecule has 2 aromatic heterocycles. The predicted octanol–water partition coefficient (Wildman–Crippen LogP) is -0.362. The third kappa shape index (κ3) is 2.58. The van der Waals surface area contributed by atoms with Gasteiger partial charge in [-0.2, -0.15) is 4.98 Å². The fraction of sp³-hybridized carbons (Fsp3) is 0.615. The Morgan fingerprint density at radius 1 is 1.24 bits per heavy atom. The van der Waals surface area contributed by atoms with Crippen molar-refractivity contribution in [2.24, 2.45) is 14.1 Å². The van der Waals surface area contributed by atoms with Gasteiger partial charge < -0.3 is 15.0 Å². The van der Waals surface area contributed by atoms with Crippen molar-refractivity contribution in [2.75, 3.05) is 18.5 Å². The quantitative estimate of drug-likeness (QED) is 0.710. The normalized spacial score (nSPS) is 11.2. The summed E-state index contributed by atoms with van der Waals surface area (Å²) >= 11 is 0. The minimum absolute atomic E-state index is 0.0826.